The van der Waals surface area contributed by atoms with Gasteiger partial charge >= 0.3 is 0 Å². The first-order valence-electron chi connectivity index (χ1n) is 7.36. The van der Waals surface area contributed by atoms with E-state index in [0.29, 0.717) is 0 Å². The Labute approximate surface area is 124 Å². The molecule has 1 heterocycles. The number of halogens is 1. The van der Waals surface area contributed by atoms with Gasteiger partial charge in [0.25, 0.3) is 0 Å². The summed E-state index contributed by atoms with van der Waals surface area (Å²) < 4.78 is 0. The Balaban J connectivity index is 0.00000180. The van der Waals surface area contributed by atoms with Crippen LogP contribution in [0.25, 0.3) is 0 Å². The lowest BCUT2D eigenvalue weighted by molar-refractivity contribution is 0.199. The minimum atomic E-state index is 0. The standard InChI is InChI=1S/C16H26N2.ClH/c1-3-11-18(16-9-10-17-12-16)13-15-8-6-5-7-14(15)4-2;/h5-8,16-17H,3-4,9-13H2,1-2H3;1H. The molecule has 0 amide bonds. The van der Waals surface area contributed by atoms with Gasteiger partial charge in [-0.3, -0.25) is 4.90 Å². The molecule has 2 nitrogen and oxygen atoms in total. The van der Waals surface area contributed by atoms with E-state index in [2.05, 4.69) is 48.3 Å². The van der Waals surface area contributed by atoms with E-state index in [0.717, 1.165) is 25.6 Å². The smallest absolute Gasteiger partial charge is 0.0239 e. The van der Waals surface area contributed by atoms with Crippen LogP contribution >= 0.6 is 12.4 Å². The molecule has 0 bridgehead atoms. The summed E-state index contributed by atoms with van der Waals surface area (Å²) in [6, 6.07) is 9.63. The number of rotatable bonds is 6. The molecule has 2 rings (SSSR count). The third-order valence-corrected chi connectivity index (χ3v) is 3.93. The predicted octanol–water partition coefficient (Wildman–Crippen LogP) is 3.24. The third kappa shape index (κ3) is 4.48. The summed E-state index contributed by atoms with van der Waals surface area (Å²) in [5, 5.41) is 3.48. The molecule has 1 fully saturated rings. The minimum absolute atomic E-state index is 0. The fourth-order valence-corrected chi connectivity index (χ4v) is 2.90. The van der Waals surface area contributed by atoms with Crippen LogP contribution in [0.15, 0.2) is 24.3 Å². The Kier molecular flexibility index (Phi) is 7.44. The molecule has 0 aromatic heterocycles. The zero-order valence-electron chi connectivity index (χ0n) is 12.2. The molecule has 0 saturated carbocycles. The van der Waals surface area contributed by atoms with Gasteiger partial charge in [-0.2, -0.15) is 0 Å². The van der Waals surface area contributed by atoms with Crippen LogP contribution in [0, 0.1) is 0 Å². The maximum atomic E-state index is 3.48. The van der Waals surface area contributed by atoms with Gasteiger partial charge in [-0.25, -0.2) is 0 Å². The number of hydrogen-bond acceptors (Lipinski definition) is 2. The van der Waals surface area contributed by atoms with E-state index in [9.17, 15) is 0 Å². The summed E-state index contributed by atoms with van der Waals surface area (Å²) in [4.78, 5) is 2.66. The Morgan fingerprint density at radius 3 is 2.53 bits per heavy atom. The van der Waals surface area contributed by atoms with Gasteiger partial charge in [-0.1, -0.05) is 38.1 Å². The van der Waals surface area contributed by atoms with Gasteiger partial charge in [0.15, 0.2) is 0 Å². The first kappa shape index (κ1) is 16.5. The molecular formula is C16H27ClN2. The highest BCUT2D eigenvalue weighted by atomic mass is 35.5. The quantitative estimate of drug-likeness (QED) is 0.862. The molecule has 1 atom stereocenters. The van der Waals surface area contributed by atoms with Crippen molar-refractivity contribution in [2.45, 2.75) is 45.7 Å². The predicted molar refractivity (Wildman–Crippen MR) is 85.0 cm³/mol. The van der Waals surface area contributed by atoms with Crippen molar-refractivity contribution >= 4 is 12.4 Å². The summed E-state index contributed by atoms with van der Waals surface area (Å²) in [6.07, 6.45) is 3.68. The van der Waals surface area contributed by atoms with Gasteiger partial charge < -0.3 is 5.32 Å². The van der Waals surface area contributed by atoms with Crippen molar-refractivity contribution in [1.29, 1.82) is 0 Å². The van der Waals surface area contributed by atoms with Gasteiger partial charge in [-0.05, 0) is 43.5 Å². The minimum Gasteiger partial charge on any atom is -0.315 e. The van der Waals surface area contributed by atoms with Gasteiger partial charge in [0.2, 0.25) is 0 Å². The molecule has 0 aliphatic carbocycles. The lowest BCUT2D eigenvalue weighted by Crippen LogP contribution is -2.37. The lowest BCUT2D eigenvalue weighted by atomic mass is 10.0. The molecule has 1 N–H and O–H groups in total. The molecule has 1 aromatic carbocycles. The van der Waals surface area contributed by atoms with E-state index in [4.69, 9.17) is 0 Å². The molecule has 0 spiro atoms. The number of aryl methyl sites for hydroxylation is 1. The lowest BCUT2D eigenvalue weighted by Gasteiger charge is -2.28. The van der Waals surface area contributed by atoms with Crippen molar-refractivity contribution in [3.8, 4) is 0 Å². The molecule has 3 heteroatoms. The summed E-state index contributed by atoms with van der Waals surface area (Å²) in [5.74, 6) is 0. The van der Waals surface area contributed by atoms with Gasteiger partial charge in [0.1, 0.15) is 0 Å². The number of benzene rings is 1. The first-order chi connectivity index (χ1) is 8.85. The van der Waals surface area contributed by atoms with Crippen molar-refractivity contribution < 1.29 is 0 Å². The second-order valence-corrected chi connectivity index (χ2v) is 5.24. The van der Waals surface area contributed by atoms with Crippen LogP contribution in [0.4, 0.5) is 0 Å². The Hall–Kier alpha value is -0.570. The second-order valence-electron chi connectivity index (χ2n) is 5.24. The average molecular weight is 283 g/mol. The van der Waals surface area contributed by atoms with Crippen molar-refractivity contribution in [2.75, 3.05) is 19.6 Å². The Bertz CT molecular complexity index is 362. The van der Waals surface area contributed by atoms with Crippen LogP contribution in [-0.4, -0.2) is 30.6 Å². The van der Waals surface area contributed by atoms with Crippen LogP contribution in [0.5, 0.6) is 0 Å². The van der Waals surface area contributed by atoms with Crippen LogP contribution in [0.2, 0.25) is 0 Å². The fourth-order valence-electron chi connectivity index (χ4n) is 2.90. The number of hydrogen-bond donors (Lipinski definition) is 1. The van der Waals surface area contributed by atoms with E-state index in [-0.39, 0.29) is 12.4 Å². The average Bonchev–Trinajstić information content (AvgIpc) is 2.92. The zero-order valence-corrected chi connectivity index (χ0v) is 13.0. The van der Waals surface area contributed by atoms with Crippen LogP contribution < -0.4 is 5.32 Å². The fraction of sp³-hybridized carbons (Fsp3) is 0.625. The van der Waals surface area contributed by atoms with E-state index in [1.807, 2.05) is 0 Å². The first-order valence-corrected chi connectivity index (χ1v) is 7.36. The van der Waals surface area contributed by atoms with Crippen LogP contribution in [0.1, 0.15) is 37.8 Å². The normalized spacial score (nSPS) is 18.6. The summed E-state index contributed by atoms with van der Waals surface area (Å²) in [7, 11) is 0. The molecule has 1 aromatic rings. The Morgan fingerprint density at radius 1 is 1.21 bits per heavy atom. The highest BCUT2D eigenvalue weighted by molar-refractivity contribution is 5.85. The molecule has 1 aliphatic rings. The van der Waals surface area contributed by atoms with Crippen LogP contribution in [-0.2, 0) is 13.0 Å². The zero-order chi connectivity index (χ0) is 12.8. The summed E-state index contributed by atoms with van der Waals surface area (Å²) >= 11 is 0. The van der Waals surface area contributed by atoms with Crippen LogP contribution in [0.3, 0.4) is 0 Å². The monoisotopic (exact) mass is 282 g/mol. The number of nitrogens with one attached hydrogen (secondary N) is 1. The van der Waals surface area contributed by atoms with Gasteiger partial charge in [0.05, 0.1) is 0 Å². The molecular weight excluding hydrogens is 256 g/mol. The van der Waals surface area contributed by atoms with Gasteiger partial charge in [-0.15, -0.1) is 12.4 Å². The van der Waals surface area contributed by atoms with E-state index >= 15 is 0 Å². The molecule has 0 radical (unpaired) electrons. The highest BCUT2D eigenvalue weighted by Gasteiger charge is 2.22. The molecule has 108 valence electrons. The SMILES string of the molecule is CCCN(Cc1ccccc1CC)C1CCNC1.Cl. The molecule has 1 unspecified atom stereocenters. The summed E-state index contributed by atoms with van der Waals surface area (Å²) in [6.45, 7) is 9.20. The van der Waals surface area contributed by atoms with Crippen molar-refractivity contribution in [2.24, 2.45) is 0 Å². The largest absolute Gasteiger partial charge is 0.315 e. The second kappa shape index (κ2) is 8.57. The van der Waals surface area contributed by atoms with Crippen molar-refractivity contribution in [3.05, 3.63) is 35.4 Å². The maximum absolute atomic E-state index is 3.48. The van der Waals surface area contributed by atoms with E-state index < -0.39 is 0 Å². The van der Waals surface area contributed by atoms with E-state index in [1.165, 1.54) is 37.1 Å². The topological polar surface area (TPSA) is 15.3 Å². The number of nitrogens with zero attached hydrogens (tertiary/aromatic N) is 1. The van der Waals surface area contributed by atoms with Crippen molar-refractivity contribution in [1.82, 2.24) is 10.2 Å². The Morgan fingerprint density at radius 2 is 1.95 bits per heavy atom. The summed E-state index contributed by atoms with van der Waals surface area (Å²) in [5.41, 5.74) is 3.02. The molecule has 1 aliphatic heterocycles. The molecule has 1 saturated heterocycles. The third-order valence-electron chi connectivity index (χ3n) is 3.93. The van der Waals surface area contributed by atoms with E-state index in [1.54, 1.807) is 0 Å². The maximum Gasteiger partial charge on any atom is 0.0239 e. The highest BCUT2D eigenvalue weighted by Crippen LogP contribution is 2.17. The van der Waals surface area contributed by atoms with Crippen molar-refractivity contribution in [3.63, 3.8) is 0 Å². The molecule has 19 heavy (non-hydrogen) atoms. The van der Waals surface area contributed by atoms with Gasteiger partial charge in [0, 0.05) is 19.1 Å².